The Bertz CT molecular complexity index is 1390. The topological polar surface area (TPSA) is 136 Å². The number of tetrazole rings is 1. The molecule has 0 aliphatic heterocycles. The molecule has 0 aliphatic rings. The lowest BCUT2D eigenvalue weighted by molar-refractivity contribution is -0.137. The molecule has 4 rings (SSSR count). The van der Waals surface area contributed by atoms with E-state index in [9.17, 15) is 14.4 Å². The van der Waals surface area contributed by atoms with E-state index in [2.05, 4.69) is 20.6 Å². The van der Waals surface area contributed by atoms with Crippen LogP contribution in [0.1, 0.15) is 24.6 Å². The summed E-state index contributed by atoms with van der Waals surface area (Å²) in [7, 11) is 0. The van der Waals surface area contributed by atoms with Crippen LogP contribution in [0.25, 0.3) is 22.5 Å². The van der Waals surface area contributed by atoms with Crippen molar-refractivity contribution in [2.45, 2.75) is 32.9 Å². The lowest BCUT2D eigenvalue weighted by Gasteiger charge is -2.15. The average molecular weight is 446 g/mol. The summed E-state index contributed by atoms with van der Waals surface area (Å²) >= 11 is 0. The zero-order valence-electron chi connectivity index (χ0n) is 17.9. The third kappa shape index (κ3) is 4.64. The van der Waals surface area contributed by atoms with Crippen molar-refractivity contribution in [3.63, 3.8) is 0 Å². The van der Waals surface area contributed by atoms with Crippen LogP contribution in [0.3, 0.4) is 0 Å². The Morgan fingerprint density at radius 1 is 1.03 bits per heavy atom. The fourth-order valence-corrected chi connectivity index (χ4v) is 3.75. The number of carbonyl (C=O) groups is 1. The second kappa shape index (κ2) is 9.43. The summed E-state index contributed by atoms with van der Waals surface area (Å²) < 4.78 is 2.22. The Morgan fingerprint density at radius 2 is 1.76 bits per heavy atom. The van der Waals surface area contributed by atoms with Crippen LogP contribution in [0.15, 0.2) is 64.2 Å². The van der Waals surface area contributed by atoms with Gasteiger partial charge >= 0.3 is 11.7 Å². The number of hydrogen-bond acceptors (Lipinski definition) is 6. The van der Waals surface area contributed by atoms with Crippen molar-refractivity contribution in [2.75, 3.05) is 0 Å². The Hall–Kier alpha value is -4.34. The van der Waals surface area contributed by atoms with Crippen molar-refractivity contribution in [1.82, 2.24) is 29.8 Å². The second-order valence-corrected chi connectivity index (χ2v) is 7.55. The smallest absolute Gasteiger partial charge is 0.332 e. The van der Waals surface area contributed by atoms with Crippen molar-refractivity contribution in [3.8, 4) is 22.5 Å². The Labute approximate surface area is 188 Å². The molecule has 2 aromatic heterocycles. The quantitative estimate of drug-likeness (QED) is 0.422. The number of rotatable bonds is 8. The molecule has 0 aliphatic carbocycles. The normalized spacial score (nSPS) is 10.9. The van der Waals surface area contributed by atoms with Crippen LogP contribution in [-0.2, 0) is 24.3 Å². The van der Waals surface area contributed by atoms with E-state index in [0.717, 1.165) is 33.2 Å². The van der Waals surface area contributed by atoms with E-state index in [1.165, 1.54) is 10.6 Å². The zero-order chi connectivity index (χ0) is 23.4. The van der Waals surface area contributed by atoms with E-state index >= 15 is 0 Å². The summed E-state index contributed by atoms with van der Waals surface area (Å²) in [6.07, 6.45) is 1.28. The molecule has 0 radical (unpaired) electrons. The van der Waals surface area contributed by atoms with Gasteiger partial charge in [0.1, 0.15) is 6.54 Å². The van der Waals surface area contributed by atoms with Crippen LogP contribution in [0.5, 0.6) is 0 Å². The molecule has 33 heavy (non-hydrogen) atoms. The molecule has 0 saturated heterocycles. The summed E-state index contributed by atoms with van der Waals surface area (Å²) in [4.78, 5) is 36.3. The van der Waals surface area contributed by atoms with Crippen molar-refractivity contribution >= 4 is 5.97 Å². The first-order valence-corrected chi connectivity index (χ1v) is 10.5. The van der Waals surface area contributed by atoms with E-state index in [4.69, 9.17) is 5.11 Å². The highest BCUT2D eigenvalue weighted by Crippen LogP contribution is 2.29. The van der Waals surface area contributed by atoms with Crippen molar-refractivity contribution in [3.05, 3.63) is 86.7 Å². The molecule has 0 atom stereocenters. The van der Waals surface area contributed by atoms with E-state index < -0.39 is 23.8 Å². The summed E-state index contributed by atoms with van der Waals surface area (Å²) in [6.45, 7) is 1.50. The fourth-order valence-electron chi connectivity index (χ4n) is 3.75. The predicted octanol–water partition coefficient (Wildman–Crippen LogP) is 1.94. The molecule has 0 unspecified atom stereocenters. The van der Waals surface area contributed by atoms with Crippen LogP contribution in [-0.4, -0.2) is 40.8 Å². The molecule has 0 bridgehead atoms. The molecule has 4 aromatic rings. The van der Waals surface area contributed by atoms with Gasteiger partial charge in [0.05, 0.1) is 6.54 Å². The number of carboxylic acids is 1. The molecule has 0 amide bonds. The van der Waals surface area contributed by atoms with Crippen LogP contribution in [0, 0.1) is 0 Å². The molecule has 168 valence electrons. The fraction of sp³-hybridized carbons (Fsp3) is 0.217. The highest BCUT2D eigenvalue weighted by molar-refractivity contribution is 5.80. The average Bonchev–Trinajstić information content (AvgIpc) is 3.35. The monoisotopic (exact) mass is 446 g/mol. The summed E-state index contributed by atoms with van der Waals surface area (Å²) in [5.74, 6) is -0.750. The van der Waals surface area contributed by atoms with Gasteiger partial charge in [-0.25, -0.2) is 9.36 Å². The van der Waals surface area contributed by atoms with Crippen molar-refractivity contribution < 1.29 is 9.90 Å². The summed E-state index contributed by atoms with van der Waals surface area (Å²) in [6, 6.07) is 16.7. The van der Waals surface area contributed by atoms with Gasteiger partial charge in [-0.1, -0.05) is 61.9 Å². The number of nitrogens with one attached hydrogen (secondary N) is 1. The third-order valence-corrected chi connectivity index (χ3v) is 5.28. The number of hydrogen-bond donors (Lipinski definition) is 2. The molecule has 2 heterocycles. The van der Waals surface area contributed by atoms with Gasteiger partial charge in [-0.3, -0.25) is 14.2 Å². The zero-order valence-corrected chi connectivity index (χ0v) is 17.9. The number of benzene rings is 2. The predicted molar refractivity (Wildman–Crippen MR) is 121 cm³/mol. The van der Waals surface area contributed by atoms with Gasteiger partial charge in [0.25, 0.3) is 5.56 Å². The maximum absolute atomic E-state index is 12.9. The molecule has 2 N–H and O–H groups in total. The van der Waals surface area contributed by atoms with E-state index in [1.54, 1.807) is 0 Å². The first-order chi connectivity index (χ1) is 16.0. The van der Waals surface area contributed by atoms with E-state index in [1.807, 2.05) is 55.5 Å². The standard InChI is InChI=1S/C23H22N6O4/c1-2-5-17-12-20(30)29(14-21(31)32)23(33)28(17)13-15-8-10-16(11-9-15)18-6-3-4-7-19(18)22-24-26-27-25-22/h3-4,6-12H,2,5,13-14H2,1H3,(H,31,32)(H,24,25,26,27). The number of nitrogens with zero attached hydrogens (tertiary/aromatic N) is 5. The van der Waals surface area contributed by atoms with Crippen LogP contribution < -0.4 is 11.2 Å². The minimum Gasteiger partial charge on any atom is -0.480 e. The number of H-pyrrole nitrogens is 1. The van der Waals surface area contributed by atoms with Crippen LogP contribution >= 0.6 is 0 Å². The number of carboxylic acid groups (broad SMARTS) is 1. The molecular weight excluding hydrogens is 424 g/mol. The second-order valence-electron chi connectivity index (χ2n) is 7.55. The van der Waals surface area contributed by atoms with Crippen LogP contribution in [0.4, 0.5) is 0 Å². The third-order valence-electron chi connectivity index (χ3n) is 5.28. The largest absolute Gasteiger partial charge is 0.480 e. The SMILES string of the molecule is CCCc1cc(=O)n(CC(=O)O)c(=O)n1Cc1ccc(-c2ccccc2-c2nn[nH]n2)cc1. The van der Waals surface area contributed by atoms with Gasteiger partial charge < -0.3 is 5.11 Å². The maximum atomic E-state index is 12.9. The highest BCUT2D eigenvalue weighted by Gasteiger charge is 2.15. The number of aryl methyl sites for hydroxylation is 1. The Balaban J connectivity index is 1.69. The molecule has 0 fully saturated rings. The first kappa shape index (κ1) is 21.9. The molecular formula is C23H22N6O4. The van der Waals surface area contributed by atoms with Gasteiger partial charge in [-0.2, -0.15) is 5.21 Å². The van der Waals surface area contributed by atoms with Crippen molar-refractivity contribution in [2.24, 2.45) is 0 Å². The van der Waals surface area contributed by atoms with Gasteiger partial charge in [0.15, 0.2) is 0 Å². The van der Waals surface area contributed by atoms with Gasteiger partial charge in [0.2, 0.25) is 5.82 Å². The molecule has 10 heteroatoms. The molecule has 10 nitrogen and oxygen atoms in total. The maximum Gasteiger partial charge on any atom is 0.332 e. The highest BCUT2D eigenvalue weighted by atomic mass is 16.4. The number of aromatic nitrogens is 6. The van der Waals surface area contributed by atoms with Gasteiger partial charge in [-0.05, 0) is 28.3 Å². The molecule has 0 spiro atoms. The van der Waals surface area contributed by atoms with E-state index in [0.29, 0.717) is 17.9 Å². The van der Waals surface area contributed by atoms with Crippen molar-refractivity contribution in [1.29, 1.82) is 0 Å². The van der Waals surface area contributed by atoms with Crippen LogP contribution in [0.2, 0.25) is 0 Å². The first-order valence-electron chi connectivity index (χ1n) is 10.5. The Kier molecular flexibility index (Phi) is 6.25. The lowest BCUT2D eigenvalue weighted by atomic mass is 9.98. The Morgan fingerprint density at radius 3 is 2.39 bits per heavy atom. The minimum atomic E-state index is -1.24. The lowest BCUT2D eigenvalue weighted by Crippen LogP contribution is -2.42. The summed E-state index contributed by atoms with van der Waals surface area (Å²) in [5, 5.41) is 23.3. The minimum absolute atomic E-state index is 0.223. The van der Waals surface area contributed by atoms with Gasteiger partial charge in [-0.15, -0.1) is 10.2 Å². The van der Waals surface area contributed by atoms with Gasteiger partial charge in [0, 0.05) is 17.3 Å². The number of aromatic amines is 1. The van der Waals surface area contributed by atoms with E-state index in [-0.39, 0.29) is 6.54 Å². The summed E-state index contributed by atoms with van der Waals surface area (Å²) in [5.41, 5.74) is 2.91. The molecule has 2 aromatic carbocycles. The number of aliphatic carboxylic acids is 1. The molecule has 0 saturated carbocycles.